The van der Waals surface area contributed by atoms with Crippen LogP contribution in [0.4, 0.5) is 5.13 Å². The molecule has 0 aliphatic carbocycles. The number of rotatable bonds is 5. The molecule has 0 radical (unpaired) electrons. The van der Waals surface area contributed by atoms with Gasteiger partial charge in [-0.25, -0.2) is 0 Å². The van der Waals surface area contributed by atoms with Crippen LogP contribution in [-0.4, -0.2) is 16.7 Å². The lowest BCUT2D eigenvalue weighted by atomic mass is 10.1. The third-order valence-corrected chi connectivity index (χ3v) is 2.72. The molecule has 1 heterocycles. The lowest BCUT2D eigenvalue weighted by molar-refractivity contribution is 0.567. The maximum absolute atomic E-state index is 4.91. The van der Waals surface area contributed by atoms with Gasteiger partial charge in [0.2, 0.25) is 5.13 Å². The number of nitrogens with one attached hydrogen (secondary N) is 2. The zero-order chi connectivity index (χ0) is 9.68. The quantitative estimate of drug-likeness (QED) is 0.588. The van der Waals surface area contributed by atoms with E-state index in [1.807, 2.05) is 0 Å². The molecule has 0 saturated heterocycles. The molecular formula is C8H15N3S2. The van der Waals surface area contributed by atoms with Crippen LogP contribution in [0.3, 0.4) is 0 Å². The van der Waals surface area contributed by atoms with E-state index in [1.54, 1.807) is 0 Å². The summed E-state index contributed by atoms with van der Waals surface area (Å²) < 4.78 is 0.728. The topological polar surface area (TPSA) is 40.7 Å². The molecular weight excluding hydrogens is 202 g/mol. The molecule has 1 aromatic heterocycles. The summed E-state index contributed by atoms with van der Waals surface area (Å²) in [5.41, 5.74) is 0. The van der Waals surface area contributed by atoms with Crippen LogP contribution in [0.5, 0.6) is 0 Å². The van der Waals surface area contributed by atoms with Crippen LogP contribution in [0.1, 0.15) is 26.7 Å². The summed E-state index contributed by atoms with van der Waals surface area (Å²) in [6.07, 6.45) is 2.44. The maximum Gasteiger partial charge on any atom is 0.204 e. The van der Waals surface area contributed by atoms with Crippen molar-refractivity contribution in [1.29, 1.82) is 0 Å². The van der Waals surface area contributed by atoms with E-state index in [0.29, 0.717) is 0 Å². The first-order valence-electron chi connectivity index (χ1n) is 4.48. The van der Waals surface area contributed by atoms with Gasteiger partial charge in [0.05, 0.1) is 0 Å². The van der Waals surface area contributed by atoms with Gasteiger partial charge in [-0.1, -0.05) is 25.2 Å². The van der Waals surface area contributed by atoms with Gasteiger partial charge in [-0.2, -0.15) is 0 Å². The molecule has 3 nitrogen and oxygen atoms in total. The highest BCUT2D eigenvalue weighted by Gasteiger charge is 1.96. The van der Waals surface area contributed by atoms with E-state index < -0.39 is 0 Å². The molecule has 1 rings (SSSR count). The third kappa shape index (κ3) is 4.38. The average Bonchev–Trinajstić information content (AvgIpc) is 2.45. The molecule has 0 saturated carbocycles. The predicted molar refractivity (Wildman–Crippen MR) is 59.9 cm³/mol. The minimum Gasteiger partial charge on any atom is -0.360 e. The summed E-state index contributed by atoms with van der Waals surface area (Å²) in [5, 5.41) is 10.9. The normalized spacial score (nSPS) is 10.7. The Morgan fingerprint density at radius 1 is 1.62 bits per heavy atom. The van der Waals surface area contributed by atoms with Gasteiger partial charge in [0.1, 0.15) is 0 Å². The zero-order valence-electron chi connectivity index (χ0n) is 7.96. The van der Waals surface area contributed by atoms with E-state index in [4.69, 9.17) is 12.2 Å². The monoisotopic (exact) mass is 217 g/mol. The molecule has 0 unspecified atom stereocenters. The fraction of sp³-hybridized carbons (Fsp3) is 0.750. The molecule has 1 aromatic rings. The summed E-state index contributed by atoms with van der Waals surface area (Å²) in [6, 6.07) is 0. The first-order chi connectivity index (χ1) is 6.18. The Bertz CT molecular complexity index is 290. The summed E-state index contributed by atoms with van der Waals surface area (Å²) in [6.45, 7) is 5.45. The highest BCUT2D eigenvalue weighted by molar-refractivity contribution is 7.73. The van der Waals surface area contributed by atoms with Crippen LogP contribution in [0, 0.1) is 9.87 Å². The average molecular weight is 217 g/mol. The Morgan fingerprint density at radius 3 is 2.92 bits per heavy atom. The Kier molecular flexibility index (Phi) is 4.38. The van der Waals surface area contributed by atoms with Gasteiger partial charge in [0.15, 0.2) is 3.95 Å². The van der Waals surface area contributed by atoms with Crippen LogP contribution >= 0.6 is 23.6 Å². The SMILES string of the molecule is CC(C)CCCNc1n[nH]c(=S)s1. The zero-order valence-corrected chi connectivity index (χ0v) is 9.60. The van der Waals surface area contributed by atoms with Crippen LogP contribution < -0.4 is 5.32 Å². The second-order valence-corrected chi connectivity index (χ2v) is 5.05. The van der Waals surface area contributed by atoms with E-state index in [9.17, 15) is 0 Å². The summed E-state index contributed by atoms with van der Waals surface area (Å²) in [5.74, 6) is 0.777. The number of anilines is 1. The van der Waals surface area contributed by atoms with Crippen molar-refractivity contribution in [2.24, 2.45) is 5.92 Å². The lowest BCUT2D eigenvalue weighted by Crippen LogP contribution is -2.02. The molecule has 0 amide bonds. The van der Waals surface area contributed by atoms with Crippen molar-refractivity contribution in [2.45, 2.75) is 26.7 Å². The second kappa shape index (κ2) is 5.34. The number of hydrogen-bond donors (Lipinski definition) is 2. The van der Waals surface area contributed by atoms with Gasteiger partial charge in [-0.3, -0.25) is 5.10 Å². The molecule has 0 fully saturated rings. The van der Waals surface area contributed by atoms with E-state index in [1.165, 1.54) is 24.2 Å². The van der Waals surface area contributed by atoms with Gasteiger partial charge in [-0.05, 0) is 31.0 Å². The van der Waals surface area contributed by atoms with Crippen molar-refractivity contribution in [3.8, 4) is 0 Å². The Hall–Kier alpha value is -0.420. The molecule has 74 valence electrons. The summed E-state index contributed by atoms with van der Waals surface area (Å²) in [7, 11) is 0. The van der Waals surface area contributed by atoms with Crippen molar-refractivity contribution >= 4 is 28.7 Å². The molecule has 5 heteroatoms. The second-order valence-electron chi connectivity index (χ2n) is 3.38. The minimum atomic E-state index is 0.728. The van der Waals surface area contributed by atoms with Crippen molar-refractivity contribution < 1.29 is 0 Å². The lowest BCUT2D eigenvalue weighted by Gasteiger charge is -2.04. The third-order valence-electron chi connectivity index (χ3n) is 1.67. The highest BCUT2D eigenvalue weighted by Crippen LogP contribution is 2.11. The Morgan fingerprint density at radius 2 is 2.38 bits per heavy atom. The number of H-pyrrole nitrogens is 1. The fourth-order valence-corrected chi connectivity index (χ4v) is 1.83. The predicted octanol–water partition coefficient (Wildman–Crippen LogP) is 3.05. The van der Waals surface area contributed by atoms with E-state index in [2.05, 4.69) is 29.4 Å². The molecule has 2 N–H and O–H groups in total. The van der Waals surface area contributed by atoms with Gasteiger partial charge in [0.25, 0.3) is 0 Å². The van der Waals surface area contributed by atoms with E-state index in [0.717, 1.165) is 21.5 Å². The van der Waals surface area contributed by atoms with Crippen LogP contribution in [0.15, 0.2) is 0 Å². The van der Waals surface area contributed by atoms with Crippen molar-refractivity contribution in [3.63, 3.8) is 0 Å². The molecule has 0 aliphatic heterocycles. The van der Waals surface area contributed by atoms with Crippen molar-refractivity contribution in [2.75, 3.05) is 11.9 Å². The molecule has 0 aromatic carbocycles. The number of aromatic nitrogens is 2. The fourth-order valence-electron chi connectivity index (χ4n) is 1.01. The molecule has 0 bridgehead atoms. The van der Waals surface area contributed by atoms with Crippen LogP contribution in [-0.2, 0) is 0 Å². The number of nitrogens with zero attached hydrogens (tertiary/aromatic N) is 1. The van der Waals surface area contributed by atoms with Crippen LogP contribution in [0.25, 0.3) is 0 Å². The first-order valence-corrected chi connectivity index (χ1v) is 5.70. The van der Waals surface area contributed by atoms with Gasteiger partial charge in [-0.15, -0.1) is 5.10 Å². The first kappa shape index (κ1) is 10.7. The van der Waals surface area contributed by atoms with Gasteiger partial charge < -0.3 is 5.32 Å². The standard InChI is InChI=1S/C8H15N3S2/c1-6(2)4-3-5-9-7-10-11-8(12)13-7/h6H,3-5H2,1-2H3,(H,9,10)(H,11,12). The molecule has 0 spiro atoms. The molecule has 0 atom stereocenters. The smallest absolute Gasteiger partial charge is 0.204 e. The summed E-state index contributed by atoms with van der Waals surface area (Å²) in [4.78, 5) is 0. The van der Waals surface area contributed by atoms with Crippen LogP contribution in [0.2, 0.25) is 0 Å². The Labute approximate surface area is 87.6 Å². The van der Waals surface area contributed by atoms with Gasteiger partial charge in [0, 0.05) is 6.54 Å². The van der Waals surface area contributed by atoms with Crippen molar-refractivity contribution in [1.82, 2.24) is 10.2 Å². The maximum atomic E-state index is 4.91. The highest BCUT2D eigenvalue weighted by atomic mass is 32.1. The Balaban J connectivity index is 2.17. The largest absolute Gasteiger partial charge is 0.360 e. The van der Waals surface area contributed by atoms with E-state index >= 15 is 0 Å². The van der Waals surface area contributed by atoms with Crippen molar-refractivity contribution in [3.05, 3.63) is 3.95 Å². The minimum absolute atomic E-state index is 0.728. The molecule has 13 heavy (non-hydrogen) atoms. The van der Waals surface area contributed by atoms with Gasteiger partial charge >= 0.3 is 0 Å². The van der Waals surface area contributed by atoms with E-state index in [-0.39, 0.29) is 0 Å². The molecule has 0 aliphatic rings. The number of hydrogen-bond acceptors (Lipinski definition) is 4. The number of aromatic amines is 1. The summed E-state index contributed by atoms with van der Waals surface area (Å²) >= 11 is 6.40.